The van der Waals surface area contributed by atoms with E-state index in [1.54, 1.807) is 12.5 Å². The van der Waals surface area contributed by atoms with Crippen molar-refractivity contribution in [2.75, 3.05) is 5.32 Å². The summed E-state index contributed by atoms with van der Waals surface area (Å²) >= 11 is 0. The summed E-state index contributed by atoms with van der Waals surface area (Å²) in [4.78, 5) is 27.7. The first-order chi connectivity index (χ1) is 13.1. The summed E-state index contributed by atoms with van der Waals surface area (Å²) < 4.78 is 1.95. The van der Waals surface area contributed by atoms with Crippen LogP contribution >= 0.6 is 0 Å². The van der Waals surface area contributed by atoms with Gasteiger partial charge in [0.25, 0.3) is 0 Å². The van der Waals surface area contributed by atoms with Crippen molar-refractivity contribution in [3.8, 4) is 0 Å². The molecule has 2 aliphatic rings. The molecule has 1 aliphatic heterocycles. The largest absolute Gasteiger partial charge is 0.333 e. The lowest BCUT2D eigenvalue weighted by atomic mass is 9.79. The molecule has 3 N–H and O–H groups in total. The van der Waals surface area contributed by atoms with Crippen molar-refractivity contribution in [1.82, 2.24) is 20.4 Å². The molecular weight excluding hydrogens is 348 g/mol. The molecule has 0 bridgehead atoms. The summed E-state index contributed by atoms with van der Waals surface area (Å²) in [6, 6.07) is 6.72. The van der Waals surface area contributed by atoms with Crippen molar-refractivity contribution in [2.45, 2.75) is 43.9 Å². The molecule has 2 heterocycles. The summed E-state index contributed by atoms with van der Waals surface area (Å²) in [5.41, 5.74) is 7.93. The summed E-state index contributed by atoms with van der Waals surface area (Å²) in [6.45, 7) is 0.669. The van der Waals surface area contributed by atoms with Crippen molar-refractivity contribution < 1.29 is 9.72 Å². The van der Waals surface area contributed by atoms with E-state index in [0.29, 0.717) is 31.5 Å². The maximum atomic E-state index is 12.8. The third-order valence-electron chi connectivity index (χ3n) is 5.42. The van der Waals surface area contributed by atoms with Crippen LogP contribution in [0, 0.1) is 16.0 Å². The molecule has 1 saturated heterocycles. The van der Waals surface area contributed by atoms with E-state index in [1.165, 1.54) is 0 Å². The molecule has 4 rings (SSSR count). The molecule has 2 aromatic rings. The van der Waals surface area contributed by atoms with E-state index >= 15 is 0 Å². The van der Waals surface area contributed by atoms with E-state index in [0.717, 1.165) is 5.56 Å². The Labute approximate surface area is 156 Å². The number of nitrogens with zero attached hydrogens (tertiary/aromatic N) is 3. The van der Waals surface area contributed by atoms with Gasteiger partial charge in [-0.05, 0) is 24.1 Å². The first-order valence-electron chi connectivity index (χ1n) is 9.10. The van der Waals surface area contributed by atoms with E-state index in [4.69, 9.17) is 0 Å². The second-order valence-corrected chi connectivity index (χ2v) is 7.21. The lowest BCUT2D eigenvalue weighted by Gasteiger charge is -2.28. The number of hydrogen-bond donors (Lipinski definition) is 3. The molecule has 0 spiro atoms. The monoisotopic (exact) mass is 370 g/mol. The molecule has 142 valence electrons. The summed E-state index contributed by atoms with van der Waals surface area (Å²) in [7, 11) is 0. The fourth-order valence-electron chi connectivity index (χ4n) is 4.04. The zero-order valence-corrected chi connectivity index (χ0v) is 14.7. The fourth-order valence-corrected chi connectivity index (χ4v) is 4.04. The number of hydrazine groups is 1. The number of fused-ring (bicyclic) bond motifs is 1. The standard InChI is InChI=1S/C18H22N6O3/c25-18(17-15-9-14(24(26)27)4-5-16(15)21-22-17)20-13-3-1-2-12(8-13)10-23-7-6-19-11-23/h1-3,6-8,11,14-17,21-22H,4-5,9-10H2,(H,20,25). The van der Waals surface area contributed by atoms with Gasteiger partial charge in [0.05, 0.1) is 6.33 Å². The van der Waals surface area contributed by atoms with Crippen molar-refractivity contribution >= 4 is 11.6 Å². The Kier molecular flexibility index (Phi) is 4.87. The van der Waals surface area contributed by atoms with Crippen molar-refractivity contribution in [3.05, 3.63) is 58.7 Å². The van der Waals surface area contributed by atoms with Crippen LogP contribution in [0.1, 0.15) is 24.8 Å². The maximum absolute atomic E-state index is 12.8. The van der Waals surface area contributed by atoms with Gasteiger partial charge >= 0.3 is 0 Å². The Morgan fingerprint density at radius 1 is 1.37 bits per heavy atom. The second kappa shape index (κ2) is 7.45. The van der Waals surface area contributed by atoms with Gasteiger partial charge < -0.3 is 9.88 Å². The zero-order valence-electron chi connectivity index (χ0n) is 14.7. The quantitative estimate of drug-likeness (QED) is 0.538. The number of imidazole rings is 1. The molecule has 4 unspecified atom stereocenters. The number of carbonyl (C=O) groups is 1. The Bertz CT molecular complexity index is 824. The average molecular weight is 370 g/mol. The van der Waals surface area contributed by atoms with E-state index in [-0.39, 0.29) is 22.8 Å². The summed E-state index contributed by atoms with van der Waals surface area (Å²) in [5, 5.41) is 14.1. The van der Waals surface area contributed by atoms with Crippen molar-refractivity contribution in [2.24, 2.45) is 5.92 Å². The number of nitrogens with one attached hydrogen (secondary N) is 3. The number of nitro groups is 1. The van der Waals surface area contributed by atoms with Gasteiger partial charge in [-0.2, -0.15) is 0 Å². The fraction of sp³-hybridized carbons (Fsp3) is 0.444. The predicted molar refractivity (Wildman–Crippen MR) is 98.4 cm³/mol. The average Bonchev–Trinajstić information content (AvgIpc) is 3.30. The highest BCUT2D eigenvalue weighted by atomic mass is 16.6. The van der Waals surface area contributed by atoms with Crippen molar-refractivity contribution in [3.63, 3.8) is 0 Å². The van der Waals surface area contributed by atoms with Gasteiger partial charge in [-0.15, -0.1) is 0 Å². The third-order valence-corrected chi connectivity index (χ3v) is 5.42. The molecule has 27 heavy (non-hydrogen) atoms. The Balaban J connectivity index is 1.42. The normalized spacial score (nSPS) is 27.1. The van der Waals surface area contributed by atoms with Gasteiger partial charge in [0.15, 0.2) is 0 Å². The van der Waals surface area contributed by atoms with Gasteiger partial charge in [-0.1, -0.05) is 12.1 Å². The van der Waals surface area contributed by atoms with E-state index in [9.17, 15) is 14.9 Å². The second-order valence-electron chi connectivity index (χ2n) is 7.21. The van der Waals surface area contributed by atoms with Crippen LogP contribution in [0.5, 0.6) is 0 Å². The lowest BCUT2D eigenvalue weighted by molar-refractivity contribution is -0.528. The summed E-state index contributed by atoms with van der Waals surface area (Å²) in [6.07, 6.45) is 7.02. The summed E-state index contributed by atoms with van der Waals surface area (Å²) in [5.74, 6) is -0.248. The highest BCUT2D eigenvalue weighted by Gasteiger charge is 2.46. The number of anilines is 1. The number of aromatic nitrogens is 2. The molecule has 1 aromatic carbocycles. The first kappa shape index (κ1) is 17.6. The minimum atomic E-state index is -0.568. The molecule has 1 amide bonds. The van der Waals surface area contributed by atoms with Gasteiger partial charge in [-0.25, -0.2) is 10.4 Å². The number of hydrogen-bond acceptors (Lipinski definition) is 6. The predicted octanol–water partition coefficient (Wildman–Crippen LogP) is 1.16. The van der Waals surface area contributed by atoms with Crippen LogP contribution < -0.4 is 16.2 Å². The molecule has 2 fully saturated rings. The zero-order chi connectivity index (χ0) is 18.8. The van der Waals surface area contributed by atoms with E-state index in [1.807, 2.05) is 35.0 Å². The molecule has 1 aliphatic carbocycles. The first-order valence-corrected chi connectivity index (χ1v) is 9.10. The van der Waals surface area contributed by atoms with Crippen LogP contribution in [0.3, 0.4) is 0 Å². The van der Waals surface area contributed by atoms with Crippen molar-refractivity contribution in [1.29, 1.82) is 0 Å². The molecule has 4 atom stereocenters. The van der Waals surface area contributed by atoms with E-state index < -0.39 is 12.1 Å². The molecule has 1 saturated carbocycles. The molecule has 9 heteroatoms. The van der Waals surface area contributed by atoms with Gasteiger partial charge in [-0.3, -0.25) is 20.3 Å². The molecule has 0 radical (unpaired) electrons. The highest BCUT2D eigenvalue weighted by Crippen LogP contribution is 2.32. The lowest BCUT2D eigenvalue weighted by Crippen LogP contribution is -2.44. The SMILES string of the molecule is O=C(Nc1cccc(Cn2ccnc2)c1)C1NNC2CCC([N+](=O)[O-])CC21. The highest BCUT2D eigenvalue weighted by molar-refractivity contribution is 5.95. The van der Waals surface area contributed by atoms with Crippen LogP contribution in [0.2, 0.25) is 0 Å². The third kappa shape index (κ3) is 3.83. The van der Waals surface area contributed by atoms with Crippen LogP contribution in [-0.2, 0) is 11.3 Å². The number of carbonyl (C=O) groups excluding carboxylic acids is 1. The topological polar surface area (TPSA) is 114 Å². The molecular formula is C18H22N6O3. The number of amides is 1. The maximum Gasteiger partial charge on any atom is 0.243 e. The van der Waals surface area contributed by atoms with Crippen LogP contribution in [-0.4, -0.2) is 38.5 Å². The minimum Gasteiger partial charge on any atom is -0.333 e. The van der Waals surface area contributed by atoms with Crippen LogP contribution in [0.25, 0.3) is 0 Å². The Morgan fingerprint density at radius 2 is 2.26 bits per heavy atom. The molecule has 9 nitrogen and oxygen atoms in total. The van der Waals surface area contributed by atoms with Gasteiger partial charge in [0, 0.05) is 54.4 Å². The number of benzene rings is 1. The Hall–Kier alpha value is -2.78. The van der Waals surface area contributed by atoms with E-state index in [2.05, 4.69) is 21.2 Å². The van der Waals surface area contributed by atoms with Crippen LogP contribution in [0.4, 0.5) is 5.69 Å². The van der Waals surface area contributed by atoms with Gasteiger partial charge in [0.2, 0.25) is 11.9 Å². The minimum absolute atomic E-state index is 0.0803. The molecule has 1 aromatic heterocycles. The van der Waals surface area contributed by atoms with Gasteiger partial charge in [0.1, 0.15) is 6.04 Å². The number of rotatable bonds is 5. The van der Waals surface area contributed by atoms with Crippen LogP contribution in [0.15, 0.2) is 43.0 Å². The Morgan fingerprint density at radius 3 is 3.04 bits per heavy atom. The smallest absolute Gasteiger partial charge is 0.243 e.